The van der Waals surface area contributed by atoms with E-state index in [4.69, 9.17) is 4.74 Å². The molecule has 7 nitrogen and oxygen atoms in total. The molecule has 1 aliphatic rings. The van der Waals surface area contributed by atoms with Crippen molar-refractivity contribution in [2.75, 3.05) is 30.8 Å². The molecule has 0 bridgehead atoms. The lowest BCUT2D eigenvalue weighted by Gasteiger charge is -2.29. The molecule has 0 aliphatic carbocycles. The van der Waals surface area contributed by atoms with Gasteiger partial charge in [-0.3, -0.25) is 9.59 Å². The van der Waals surface area contributed by atoms with Crippen molar-refractivity contribution in [2.45, 2.75) is 19.8 Å². The lowest BCUT2D eigenvalue weighted by molar-refractivity contribution is -0.152. The predicted molar refractivity (Wildman–Crippen MR) is 103 cm³/mol. The number of carbonyl (C=O) groups is 2. The van der Waals surface area contributed by atoms with Crippen molar-refractivity contribution in [1.82, 2.24) is 4.31 Å². The molecule has 1 amide bonds. The van der Waals surface area contributed by atoms with E-state index in [0.717, 1.165) is 3.57 Å². The third kappa shape index (κ3) is 5.93. The molecule has 0 unspecified atom stereocenters. The molecule has 1 aliphatic heterocycles. The van der Waals surface area contributed by atoms with Crippen LogP contribution in [0.3, 0.4) is 0 Å². The lowest BCUT2D eigenvalue weighted by atomic mass is 9.98. The Morgan fingerprint density at radius 3 is 2.60 bits per heavy atom. The number of hydrogen-bond acceptors (Lipinski definition) is 5. The van der Waals surface area contributed by atoms with Crippen molar-refractivity contribution in [1.29, 1.82) is 0 Å². The number of sulfonamides is 1. The van der Waals surface area contributed by atoms with Gasteiger partial charge in [-0.25, -0.2) is 12.7 Å². The third-order valence-electron chi connectivity index (χ3n) is 4.00. The molecule has 9 heteroatoms. The van der Waals surface area contributed by atoms with Crippen LogP contribution in [0, 0.1) is 9.49 Å². The Balaban J connectivity index is 1.76. The van der Waals surface area contributed by atoms with Crippen LogP contribution in [0.2, 0.25) is 0 Å². The van der Waals surface area contributed by atoms with Gasteiger partial charge in [0.25, 0.3) is 5.91 Å². The summed E-state index contributed by atoms with van der Waals surface area (Å²) in [5.74, 6) is -1.16. The van der Waals surface area contributed by atoms with Gasteiger partial charge in [0.2, 0.25) is 10.0 Å². The van der Waals surface area contributed by atoms with Gasteiger partial charge >= 0.3 is 5.97 Å². The molecule has 25 heavy (non-hydrogen) atoms. The third-order valence-corrected chi connectivity index (χ3v) is 6.55. The van der Waals surface area contributed by atoms with E-state index in [1.807, 2.05) is 18.2 Å². The van der Waals surface area contributed by atoms with Crippen LogP contribution < -0.4 is 5.32 Å². The average Bonchev–Trinajstić information content (AvgIpc) is 2.60. The summed E-state index contributed by atoms with van der Waals surface area (Å²) in [6.07, 6.45) is 0.827. The van der Waals surface area contributed by atoms with E-state index in [9.17, 15) is 18.0 Å². The Morgan fingerprint density at radius 1 is 1.32 bits per heavy atom. The molecule has 138 valence electrons. The number of halogens is 1. The number of nitrogens with one attached hydrogen (secondary N) is 1. The number of benzene rings is 1. The highest BCUT2D eigenvalue weighted by molar-refractivity contribution is 14.1. The van der Waals surface area contributed by atoms with Crippen LogP contribution in [0.1, 0.15) is 19.8 Å². The zero-order valence-electron chi connectivity index (χ0n) is 13.9. The molecule has 1 N–H and O–H groups in total. The highest BCUT2D eigenvalue weighted by atomic mass is 127. The minimum absolute atomic E-state index is 0.0563. The van der Waals surface area contributed by atoms with Gasteiger partial charge in [-0.05, 0) is 60.6 Å². The molecule has 1 heterocycles. The van der Waals surface area contributed by atoms with Crippen LogP contribution in [0.4, 0.5) is 5.69 Å². The Morgan fingerprint density at radius 2 is 2.00 bits per heavy atom. The van der Waals surface area contributed by atoms with Crippen molar-refractivity contribution < 1.29 is 22.7 Å². The monoisotopic (exact) mass is 480 g/mol. The van der Waals surface area contributed by atoms with Gasteiger partial charge in [0.1, 0.15) is 0 Å². The number of carbonyl (C=O) groups excluding carboxylic acids is 2. The quantitative estimate of drug-likeness (QED) is 0.496. The first kappa shape index (κ1) is 20.1. The van der Waals surface area contributed by atoms with Crippen molar-refractivity contribution >= 4 is 50.2 Å². The average molecular weight is 480 g/mol. The van der Waals surface area contributed by atoms with E-state index in [2.05, 4.69) is 27.9 Å². The highest BCUT2D eigenvalue weighted by Crippen LogP contribution is 2.21. The summed E-state index contributed by atoms with van der Waals surface area (Å²) in [6.45, 7) is 1.87. The number of anilines is 1. The summed E-state index contributed by atoms with van der Waals surface area (Å²) in [6, 6.07) is 7.29. The highest BCUT2D eigenvalue weighted by Gasteiger charge is 2.31. The molecule has 0 radical (unpaired) electrons. The van der Waals surface area contributed by atoms with Crippen LogP contribution in [-0.4, -0.2) is 50.0 Å². The molecule has 1 fully saturated rings. The molecule has 0 aromatic heterocycles. The maximum absolute atomic E-state index is 12.1. The summed E-state index contributed by atoms with van der Waals surface area (Å²) < 4.78 is 31.1. The number of amides is 1. The molecule has 0 atom stereocenters. The fourth-order valence-corrected chi connectivity index (χ4v) is 4.25. The fraction of sp³-hybridized carbons (Fsp3) is 0.500. The summed E-state index contributed by atoms with van der Waals surface area (Å²) in [5.41, 5.74) is 0.644. The van der Waals surface area contributed by atoms with Gasteiger partial charge in [0.05, 0.1) is 11.7 Å². The number of nitrogens with zero attached hydrogens (tertiary/aromatic N) is 1. The standard InChI is InChI=1S/C16H21IN2O5S/c1-2-25(22,23)19-8-6-12(7-9-19)16(21)24-11-15(20)18-14-5-3-4-13(17)10-14/h3-5,10,12H,2,6-9,11H2,1H3,(H,18,20). The number of piperidine rings is 1. The van der Waals surface area contributed by atoms with Crippen LogP contribution in [-0.2, 0) is 24.3 Å². The summed E-state index contributed by atoms with van der Waals surface area (Å²) in [5, 5.41) is 2.67. The van der Waals surface area contributed by atoms with E-state index >= 15 is 0 Å². The molecule has 1 aromatic rings. The van der Waals surface area contributed by atoms with Crippen LogP contribution in [0.5, 0.6) is 0 Å². The second kappa shape index (κ2) is 8.95. The van der Waals surface area contributed by atoms with Crippen molar-refractivity contribution in [3.63, 3.8) is 0 Å². The normalized spacial score (nSPS) is 16.4. The number of rotatable bonds is 6. The molecule has 1 aromatic carbocycles. The molecule has 1 saturated heterocycles. The Bertz CT molecular complexity index is 730. The van der Waals surface area contributed by atoms with Crippen molar-refractivity contribution in [3.05, 3.63) is 27.8 Å². The van der Waals surface area contributed by atoms with Crippen molar-refractivity contribution in [3.8, 4) is 0 Å². The minimum atomic E-state index is -3.22. The number of ether oxygens (including phenoxy) is 1. The lowest BCUT2D eigenvalue weighted by Crippen LogP contribution is -2.41. The van der Waals surface area contributed by atoms with Gasteiger partial charge in [0.15, 0.2) is 6.61 Å². The number of hydrogen-bond donors (Lipinski definition) is 1. The number of esters is 1. The maximum Gasteiger partial charge on any atom is 0.309 e. The van der Waals surface area contributed by atoms with E-state index in [-0.39, 0.29) is 18.3 Å². The van der Waals surface area contributed by atoms with Gasteiger partial charge in [-0.15, -0.1) is 0 Å². The second-order valence-corrected chi connectivity index (χ2v) is 9.24. The summed E-state index contributed by atoms with van der Waals surface area (Å²) in [7, 11) is -3.22. The minimum Gasteiger partial charge on any atom is -0.455 e. The van der Waals surface area contributed by atoms with Gasteiger partial charge in [-0.2, -0.15) is 0 Å². The van der Waals surface area contributed by atoms with Gasteiger partial charge < -0.3 is 10.1 Å². The smallest absolute Gasteiger partial charge is 0.309 e. The van der Waals surface area contributed by atoms with Gasteiger partial charge in [-0.1, -0.05) is 6.07 Å². The van der Waals surface area contributed by atoms with E-state index in [1.165, 1.54) is 4.31 Å². The zero-order valence-corrected chi connectivity index (χ0v) is 16.9. The molecular weight excluding hydrogens is 459 g/mol. The first-order valence-corrected chi connectivity index (χ1v) is 10.7. The Hall–Kier alpha value is -1.20. The van der Waals surface area contributed by atoms with E-state index in [0.29, 0.717) is 31.6 Å². The first-order chi connectivity index (χ1) is 11.8. The Kier molecular flexibility index (Phi) is 7.20. The predicted octanol–water partition coefficient (Wildman–Crippen LogP) is 1.83. The van der Waals surface area contributed by atoms with Gasteiger partial charge in [0, 0.05) is 22.3 Å². The van der Waals surface area contributed by atoms with Crippen LogP contribution >= 0.6 is 22.6 Å². The van der Waals surface area contributed by atoms with Crippen LogP contribution in [0.15, 0.2) is 24.3 Å². The largest absolute Gasteiger partial charge is 0.455 e. The molecule has 0 saturated carbocycles. The Labute approximate surface area is 161 Å². The van der Waals surface area contributed by atoms with E-state index in [1.54, 1.807) is 13.0 Å². The topological polar surface area (TPSA) is 92.8 Å². The van der Waals surface area contributed by atoms with Crippen molar-refractivity contribution in [2.24, 2.45) is 5.92 Å². The SMILES string of the molecule is CCS(=O)(=O)N1CCC(C(=O)OCC(=O)Nc2cccc(I)c2)CC1. The zero-order chi connectivity index (χ0) is 18.4. The van der Waals surface area contributed by atoms with Crippen LogP contribution in [0.25, 0.3) is 0 Å². The second-order valence-electron chi connectivity index (χ2n) is 5.74. The first-order valence-electron chi connectivity index (χ1n) is 8.01. The fourth-order valence-electron chi connectivity index (χ4n) is 2.57. The summed E-state index contributed by atoms with van der Waals surface area (Å²) in [4.78, 5) is 23.9. The molecule has 2 rings (SSSR count). The van der Waals surface area contributed by atoms with E-state index < -0.39 is 21.9 Å². The summed E-state index contributed by atoms with van der Waals surface area (Å²) >= 11 is 2.14. The maximum atomic E-state index is 12.1. The molecule has 0 spiro atoms. The molecular formula is C16H21IN2O5S.